The molecular weight excluding hydrogens is 362 g/mol. The van der Waals surface area contributed by atoms with Crippen LogP contribution in [0, 0.1) is 0 Å². The van der Waals surface area contributed by atoms with Gasteiger partial charge in [-0.2, -0.15) is 0 Å². The van der Waals surface area contributed by atoms with Gasteiger partial charge in [0.15, 0.2) is 0 Å². The lowest BCUT2D eigenvalue weighted by Gasteiger charge is -2.22. The van der Waals surface area contributed by atoms with Crippen LogP contribution >= 0.6 is 11.6 Å². The monoisotopic (exact) mass is 385 g/mol. The molecule has 0 radical (unpaired) electrons. The first kappa shape index (κ1) is 19.2. The van der Waals surface area contributed by atoms with Crippen LogP contribution in [0.2, 0.25) is 5.02 Å². The first-order chi connectivity index (χ1) is 13.0. The van der Waals surface area contributed by atoms with Crippen molar-refractivity contribution in [2.75, 3.05) is 31.9 Å². The summed E-state index contributed by atoms with van der Waals surface area (Å²) in [7, 11) is 0. The molecule has 0 saturated carbocycles. The molecule has 0 aromatic heterocycles. The Morgan fingerprint density at radius 1 is 0.926 bits per heavy atom. The summed E-state index contributed by atoms with van der Waals surface area (Å²) in [6.45, 7) is 2.42. The van der Waals surface area contributed by atoms with E-state index >= 15 is 0 Å². The molecule has 2 amide bonds. The SMILES string of the molecule is Nc1ccccc1CCC(=O)N1CCCN(C(=O)c2ccc(Cl)cc2)CC1. The summed E-state index contributed by atoms with van der Waals surface area (Å²) in [6.07, 6.45) is 1.84. The van der Waals surface area contributed by atoms with Crippen LogP contribution in [0.1, 0.15) is 28.8 Å². The predicted octanol–water partition coefficient (Wildman–Crippen LogP) is 3.23. The normalized spacial score (nSPS) is 14.7. The van der Waals surface area contributed by atoms with Crippen LogP contribution in [-0.4, -0.2) is 47.8 Å². The van der Waals surface area contributed by atoms with E-state index < -0.39 is 0 Å². The lowest BCUT2D eigenvalue weighted by molar-refractivity contribution is -0.131. The largest absolute Gasteiger partial charge is 0.399 e. The minimum atomic E-state index is -0.0157. The van der Waals surface area contributed by atoms with E-state index in [-0.39, 0.29) is 11.8 Å². The van der Waals surface area contributed by atoms with Crippen LogP contribution in [0.3, 0.4) is 0 Å². The highest BCUT2D eigenvalue weighted by molar-refractivity contribution is 6.30. The fourth-order valence-electron chi connectivity index (χ4n) is 3.31. The minimum absolute atomic E-state index is 0.0157. The van der Waals surface area contributed by atoms with Crippen molar-refractivity contribution in [3.05, 3.63) is 64.7 Å². The van der Waals surface area contributed by atoms with E-state index in [4.69, 9.17) is 17.3 Å². The molecule has 142 valence electrons. The van der Waals surface area contributed by atoms with Crippen molar-refractivity contribution in [1.82, 2.24) is 9.80 Å². The summed E-state index contributed by atoms with van der Waals surface area (Å²) in [5, 5.41) is 0.609. The highest BCUT2D eigenvalue weighted by atomic mass is 35.5. The van der Waals surface area contributed by atoms with Gasteiger partial charge in [-0.15, -0.1) is 0 Å². The van der Waals surface area contributed by atoms with Gasteiger partial charge in [-0.3, -0.25) is 9.59 Å². The molecule has 1 aliphatic heterocycles. The first-order valence-corrected chi connectivity index (χ1v) is 9.58. The fraction of sp³-hybridized carbons (Fsp3) is 0.333. The number of aryl methyl sites for hydroxylation is 1. The number of para-hydroxylation sites is 1. The molecular formula is C21H24ClN3O2. The molecule has 27 heavy (non-hydrogen) atoms. The lowest BCUT2D eigenvalue weighted by atomic mass is 10.1. The Morgan fingerprint density at radius 2 is 1.59 bits per heavy atom. The number of halogens is 1. The Bertz CT molecular complexity index is 807. The maximum absolute atomic E-state index is 12.7. The van der Waals surface area contributed by atoms with E-state index in [0.29, 0.717) is 49.6 Å². The number of anilines is 1. The summed E-state index contributed by atoms with van der Waals surface area (Å²) in [5.41, 5.74) is 8.30. The summed E-state index contributed by atoms with van der Waals surface area (Å²) < 4.78 is 0. The lowest BCUT2D eigenvalue weighted by Crippen LogP contribution is -2.37. The number of nitrogens with zero attached hydrogens (tertiary/aromatic N) is 2. The number of hydrogen-bond donors (Lipinski definition) is 1. The van der Waals surface area contributed by atoms with E-state index in [1.165, 1.54) is 0 Å². The summed E-state index contributed by atoms with van der Waals surface area (Å²) in [4.78, 5) is 28.9. The first-order valence-electron chi connectivity index (χ1n) is 9.20. The van der Waals surface area contributed by atoms with Crippen molar-refractivity contribution in [2.24, 2.45) is 0 Å². The number of amides is 2. The molecule has 6 heteroatoms. The van der Waals surface area contributed by atoms with E-state index in [1.54, 1.807) is 24.3 Å². The second kappa shape index (κ2) is 8.91. The highest BCUT2D eigenvalue weighted by Crippen LogP contribution is 2.16. The number of carbonyl (C=O) groups excluding carboxylic acids is 2. The van der Waals surface area contributed by atoms with Gasteiger partial charge in [0.25, 0.3) is 5.91 Å². The maximum atomic E-state index is 12.7. The van der Waals surface area contributed by atoms with Crippen LogP contribution < -0.4 is 5.73 Å². The van der Waals surface area contributed by atoms with E-state index in [0.717, 1.165) is 17.7 Å². The Kier molecular flexibility index (Phi) is 6.35. The molecule has 1 aliphatic rings. The van der Waals surface area contributed by atoms with Crippen molar-refractivity contribution < 1.29 is 9.59 Å². The van der Waals surface area contributed by atoms with Gasteiger partial charge >= 0.3 is 0 Å². The Balaban J connectivity index is 1.54. The van der Waals surface area contributed by atoms with Crippen molar-refractivity contribution in [1.29, 1.82) is 0 Å². The fourth-order valence-corrected chi connectivity index (χ4v) is 3.43. The molecule has 0 bridgehead atoms. The highest BCUT2D eigenvalue weighted by Gasteiger charge is 2.22. The molecule has 1 heterocycles. The quantitative estimate of drug-likeness (QED) is 0.821. The van der Waals surface area contributed by atoms with E-state index in [2.05, 4.69) is 0 Å². The molecule has 0 spiro atoms. The van der Waals surface area contributed by atoms with Crippen LogP contribution in [0.5, 0.6) is 0 Å². The molecule has 5 nitrogen and oxygen atoms in total. The molecule has 2 N–H and O–H groups in total. The van der Waals surface area contributed by atoms with Crippen LogP contribution in [0.25, 0.3) is 0 Å². The molecule has 0 atom stereocenters. The zero-order chi connectivity index (χ0) is 19.2. The van der Waals surface area contributed by atoms with Gasteiger partial charge in [-0.1, -0.05) is 29.8 Å². The van der Waals surface area contributed by atoms with Gasteiger partial charge in [-0.25, -0.2) is 0 Å². The van der Waals surface area contributed by atoms with Gasteiger partial charge in [-0.05, 0) is 48.7 Å². The molecule has 0 unspecified atom stereocenters. The van der Waals surface area contributed by atoms with Gasteiger partial charge < -0.3 is 15.5 Å². The van der Waals surface area contributed by atoms with E-state index in [9.17, 15) is 9.59 Å². The summed E-state index contributed by atoms with van der Waals surface area (Å²) in [6, 6.07) is 14.6. The number of hydrogen-bond acceptors (Lipinski definition) is 3. The van der Waals surface area contributed by atoms with Crippen LogP contribution in [-0.2, 0) is 11.2 Å². The third-order valence-electron chi connectivity index (χ3n) is 4.89. The van der Waals surface area contributed by atoms with Crippen LogP contribution in [0.4, 0.5) is 5.69 Å². The number of carbonyl (C=O) groups is 2. The third-order valence-corrected chi connectivity index (χ3v) is 5.14. The zero-order valence-electron chi connectivity index (χ0n) is 15.2. The summed E-state index contributed by atoms with van der Waals surface area (Å²) in [5.74, 6) is 0.0945. The molecule has 0 aliphatic carbocycles. The van der Waals surface area contributed by atoms with Crippen molar-refractivity contribution in [3.63, 3.8) is 0 Å². The molecule has 1 fully saturated rings. The minimum Gasteiger partial charge on any atom is -0.399 e. The zero-order valence-corrected chi connectivity index (χ0v) is 16.0. The molecule has 2 aromatic carbocycles. The average Bonchev–Trinajstić information content (AvgIpc) is 2.93. The van der Waals surface area contributed by atoms with Crippen molar-refractivity contribution >= 4 is 29.1 Å². The number of rotatable bonds is 4. The average molecular weight is 386 g/mol. The molecule has 3 rings (SSSR count). The summed E-state index contributed by atoms with van der Waals surface area (Å²) >= 11 is 5.89. The van der Waals surface area contributed by atoms with Crippen molar-refractivity contribution in [3.8, 4) is 0 Å². The molecule has 1 saturated heterocycles. The van der Waals surface area contributed by atoms with Crippen molar-refractivity contribution in [2.45, 2.75) is 19.3 Å². The van der Waals surface area contributed by atoms with Gasteiger partial charge in [0.05, 0.1) is 0 Å². The van der Waals surface area contributed by atoms with Gasteiger partial charge in [0.2, 0.25) is 5.91 Å². The smallest absolute Gasteiger partial charge is 0.253 e. The Morgan fingerprint density at radius 3 is 2.33 bits per heavy atom. The second-order valence-electron chi connectivity index (χ2n) is 6.73. The molecule has 2 aromatic rings. The number of nitrogen functional groups attached to an aromatic ring is 1. The second-order valence-corrected chi connectivity index (χ2v) is 7.17. The standard InChI is InChI=1S/C21H24ClN3O2/c22-18-9-6-17(7-10-18)21(27)25-13-3-12-24(14-15-25)20(26)11-8-16-4-1-2-5-19(16)23/h1-2,4-7,9-10H,3,8,11-15,23H2. The Hall–Kier alpha value is -2.53. The Labute approximate surface area is 164 Å². The predicted molar refractivity (Wildman–Crippen MR) is 108 cm³/mol. The number of nitrogens with two attached hydrogens (primary N) is 1. The maximum Gasteiger partial charge on any atom is 0.253 e. The van der Waals surface area contributed by atoms with Crippen LogP contribution in [0.15, 0.2) is 48.5 Å². The third kappa shape index (κ3) is 5.01. The van der Waals surface area contributed by atoms with Gasteiger partial charge in [0.1, 0.15) is 0 Å². The van der Waals surface area contributed by atoms with Gasteiger partial charge in [0, 0.05) is 48.9 Å². The van der Waals surface area contributed by atoms with E-state index in [1.807, 2.05) is 34.1 Å². The topological polar surface area (TPSA) is 66.6 Å². The number of benzene rings is 2.